The molecule has 0 aliphatic heterocycles. The second kappa shape index (κ2) is 7.82. The molecule has 0 saturated carbocycles. The van der Waals surface area contributed by atoms with Crippen molar-refractivity contribution in [1.82, 2.24) is 0 Å². The number of methoxy groups -OCH3 is 2. The smallest absolute Gasteiger partial charge is 0.248 e. The van der Waals surface area contributed by atoms with Gasteiger partial charge in [-0.05, 0) is 48.0 Å². The van der Waals surface area contributed by atoms with Crippen molar-refractivity contribution >= 4 is 23.6 Å². The van der Waals surface area contributed by atoms with Gasteiger partial charge in [0, 0.05) is 17.3 Å². The molecule has 2 rings (SSSR count). The number of anilines is 1. The highest BCUT2D eigenvalue weighted by Gasteiger charge is 2.04. The van der Waals surface area contributed by atoms with Crippen molar-refractivity contribution in [3.63, 3.8) is 0 Å². The number of nitrogens with one attached hydrogen (secondary N) is 1. The van der Waals surface area contributed by atoms with Crippen molar-refractivity contribution < 1.29 is 19.1 Å². The van der Waals surface area contributed by atoms with Gasteiger partial charge in [-0.2, -0.15) is 0 Å². The van der Waals surface area contributed by atoms with Crippen LogP contribution >= 0.6 is 0 Å². The molecule has 0 saturated heterocycles. The molecule has 3 N–H and O–H groups in total. The maximum Gasteiger partial charge on any atom is 0.248 e. The third-order valence-corrected chi connectivity index (χ3v) is 3.27. The molecule has 0 bridgehead atoms. The lowest BCUT2D eigenvalue weighted by atomic mass is 10.2. The number of hydrogen-bond acceptors (Lipinski definition) is 4. The maximum atomic E-state index is 11.9. The summed E-state index contributed by atoms with van der Waals surface area (Å²) in [6.45, 7) is 0. The summed E-state index contributed by atoms with van der Waals surface area (Å²) >= 11 is 0. The Morgan fingerprint density at radius 1 is 1.00 bits per heavy atom. The highest BCUT2D eigenvalue weighted by Crippen LogP contribution is 2.27. The number of primary amides is 1. The number of rotatable bonds is 6. The number of nitrogens with two attached hydrogens (primary N) is 1. The average molecular weight is 326 g/mol. The second-order valence-corrected chi connectivity index (χ2v) is 4.88. The van der Waals surface area contributed by atoms with E-state index < -0.39 is 5.91 Å². The van der Waals surface area contributed by atoms with E-state index >= 15 is 0 Å². The second-order valence-electron chi connectivity index (χ2n) is 4.88. The van der Waals surface area contributed by atoms with E-state index in [0.717, 1.165) is 5.56 Å². The summed E-state index contributed by atoms with van der Waals surface area (Å²) in [6.07, 6.45) is 3.07. The van der Waals surface area contributed by atoms with Gasteiger partial charge >= 0.3 is 0 Å². The van der Waals surface area contributed by atoms with Gasteiger partial charge in [0.05, 0.1) is 14.2 Å². The van der Waals surface area contributed by atoms with Crippen LogP contribution in [0.2, 0.25) is 0 Å². The molecule has 2 aromatic rings. The first-order chi connectivity index (χ1) is 11.5. The number of ether oxygens (including phenoxy) is 2. The van der Waals surface area contributed by atoms with E-state index in [0.29, 0.717) is 22.7 Å². The minimum atomic E-state index is -0.513. The summed E-state index contributed by atoms with van der Waals surface area (Å²) in [5, 5.41) is 2.70. The zero-order chi connectivity index (χ0) is 17.5. The maximum absolute atomic E-state index is 11.9. The quantitative estimate of drug-likeness (QED) is 0.798. The molecule has 24 heavy (non-hydrogen) atoms. The van der Waals surface area contributed by atoms with E-state index in [-0.39, 0.29) is 5.91 Å². The Kier molecular flexibility index (Phi) is 5.57. The van der Waals surface area contributed by atoms with Crippen LogP contribution in [0, 0.1) is 0 Å². The molecule has 0 aliphatic rings. The predicted molar refractivity (Wildman–Crippen MR) is 92.2 cm³/mol. The van der Waals surface area contributed by atoms with Gasteiger partial charge in [-0.25, -0.2) is 0 Å². The van der Waals surface area contributed by atoms with Crippen LogP contribution in [0.15, 0.2) is 48.5 Å². The third-order valence-electron chi connectivity index (χ3n) is 3.27. The summed E-state index contributed by atoms with van der Waals surface area (Å²) in [5.41, 5.74) is 6.92. The molecule has 0 radical (unpaired) electrons. The first kappa shape index (κ1) is 17.1. The van der Waals surface area contributed by atoms with Crippen LogP contribution in [-0.2, 0) is 4.79 Å². The van der Waals surface area contributed by atoms with Gasteiger partial charge in [0.1, 0.15) is 0 Å². The molecule has 124 valence electrons. The monoisotopic (exact) mass is 326 g/mol. The number of hydrogen-bond donors (Lipinski definition) is 2. The molecule has 0 atom stereocenters. The fraction of sp³-hybridized carbons (Fsp3) is 0.111. The van der Waals surface area contributed by atoms with E-state index in [1.807, 2.05) is 6.07 Å². The van der Waals surface area contributed by atoms with E-state index in [2.05, 4.69) is 5.32 Å². The van der Waals surface area contributed by atoms with Gasteiger partial charge in [0.15, 0.2) is 11.5 Å². The number of amides is 2. The van der Waals surface area contributed by atoms with E-state index in [9.17, 15) is 9.59 Å². The molecule has 6 heteroatoms. The molecule has 0 heterocycles. The van der Waals surface area contributed by atoms with Crippen LogP contribution in [0.5, 0.6) is 11.5 Å². The summed E-state index contributed by atoms with van der Waals surface area (Å²) in [5.74, 6) is 0.397. The van der Waals surface area contributed by atoms with E-state index in [1.54, 1.807) is 56.7 Å². The molecule has 0 aliphatic carbocycles. The van der Waals surface area contributed by atoms with Crippen molar-refractivity contribution in [3.8, 4) is 11.5 Å². The van der Waals surface area contributed by atoms with Crippen LogP contribution < -0.4 is 20.5 Å². The van der Waals surface area contributed by atoms with Crippen molar-refractivity contribution in [2.24, 2.45) is 5.73 Å². The van der Waals surface area contributed by atoms with Crippen LogP contribution in [0.1, 0.15) is 15.9 Å². The molecule has 2 amide bonds. The van der Waals surface area contributed by atoms with Crippen LogP contribution in [0.4, 0.5) is 5.69 Å². The van der Waals surface area contributed by atoms with E-state index in [4.69, 9.17) is 15.2 Å². The van der Waals surface area contributed by atoms with Gasteiger partial charge < -0.3 is 20.5 Å². The van der Waals surface area contributed by atoms with Crippen LogP contribution in [-0.4, -0.2) is 26.0 Å². The Hall–Kier alpha value is -3.28. The fourth-order valence-electron chi connectivity index (χ4n) is 2.03. The van der Waals surface area contributed by atoms with Gasteiger partial charge in [0.25, 0.3) is 0 Å². The molecule has 6 nitrogen and oxygen atoms in total. The third kappa shape index (κ3) is 4.36. The molecule has 0 fully saturated rings. The van der Waals surface area contributed by atoms with Gasteiger partial charge in [-0.3, -0.25) is 9.59 Å². The van der Waals surface area contributed by atoms with Gasteiger partial charge in [-0.1, -0.05) is 6.07 Å². The van der Waals surface area contributed by atoms with Gasteiger partial charge in [-0.15, -0.1) is 0 Å². The standard InChI is InChI=1S/C18H18N2O4/c1-23-15-9-3-12(11-16(15)24-2)4-10-17(21)20-14-7-5-13(6-8-14)18(19)22/h3-11H,1-2H3,(H2,19,22)(H,20,21)/b10-4+. The molecule has 0 spiro atoms. The summed E-state index contributed by atoms with van der Waals surface area (Å²) < 4.78 is 10.4. The Labute approximate surface area is 139 Å². The zero-order valence-corrected chi connectivity index (χ0v) is 13.4. The van der Waals surface area contributed by atoms with E-state index in [1.165, 1.54) is 6.08 Å². The van der Waals surface area contributed by atoms with Crippen molar-refractivity contribution in [2.45, 2.75) is 0 Å². The number of carbonyl (C=O) groups excluding carboxylic acids is 2. The summed E-state index contributed by atoms with van der Waals surface area (Å²) in [4.78, 5) is 22.9. The Bertz CT molecular complexity index is 767. The molecular weight excluding hydrogens is 308 g/mol. The molecular formula is C18H18N2O4. The zero-order valence-electron chi connectivity index (χ0n) is 13.4. The minimum Gasteiger partial charge on any atom is -0.493 e. The normalized spacial score (nSPS) is 10.4. The van der Waals surface area contributed by atoms with Crippen molar-refractivity contribution in [1.29, 1.82) is 0 Å². The highest BCUT2D eigenvalue weighted by atomic mass is 16.5. The molecule has 0 unspecified atom stereocenters. The van der Waals surface area contributed by atoms with Crippen LogP contribution in [0.25, 0.3) is 6.08 Å². The first-order valence-electron chi connectivity index (χ1n) is 7.14. The largest absolute Gasteiger partial charge is 0.493 e. The lowest BCUT2D eigenvalue weighted by Gasteiger charge is -2.07. The molecule has 0 aromatic heterocycles. The van der Waals surface area contributed by atoms with Crippen molar-refractivity contribution in [2.75, 3.05) is 19.5 Å². The molecule has 2 aromatic carbocycles. The van der Waals surface area contributed by atoms with Gasteiger partial charge in [0.2, 0.25) is 11.8 Å². The Balaban J connectivity index is 2.03. The SMILES string of the molecule is COc1ccc(/C=C/C(=O)Nc2ccc(C(N)=O)cc2)cc1OC. The number of carbonyl (C=O) groups is 2. The lowest BCUT2D eigenvalue weighted by molar-refractivity contribution is -0.111. The number of benzene rings is 2. The topological polar surface area (TPSA) is 90.6 Å². The Morgan fingerprint density at radius 3 is 2.25 bits per heavy atom. The van der Waals surface area contributed by atoms with Crippen LogP contribution in [0.3, 0.4) is 0 Å². The lowest BCUT2D eigenvalue weighted by Crippen LogP contribution is -2.11. The fourth-order valence-corrected chi connectivity index (χ4v) is 2.03. The first-order valence-corrected chi connectivity index (χ1v) is 7.14. The minimum absolute atomic E-state index is 0.295. The average Bonchev–Trinajstić information content (AvgIpc) is 2.60. The highest BCUT2D eigenvalue weighted by molar-refractivity contribution is 6.02. The Morgan fingerprint density at radius 2 is 1.67 bits per heavy atom. The van der Waals surface area contributed by atoms with Crippen molar-refractivity contribution in [3.05, 3.63) is 59.7 Å². The predicted octanol–water partition coefficient (Wildman–Crippen LogP) is 2.45. The summed E-state index contributed by atoms with van der Waals surface area (Å²) in [6, 6.07) is 11.7. The summed E-state index contributed by atoms with van der Waals surface area (Å²) in [7, 11) is 3.11.